The molecule has 1 rings (SSSR count). The van der Waals surface area contributed by atoms with E-state index in [9.17, 15) is 29.1 Å². The molecule has 0 saturated heterocycles. The molecule has 0 aliphatic rings. The third-order valence-corrected chi connectivity index (χ3v) is 5.08. The number of hydrogen-bond acceptors (Lipinski definition) is 8. The Kier molecular flexibility index (Phi) is 11.8. The number of nitrogens with one attached hydrogen (secondary N) is 2. The standard InChI is InChI=1S/C25H38N4O8/c1-7-29(23(34)17(14-18(26)30)28-24(35)37-25(4,5)6)20(16-11-9-10-15(3)21(16)32)22(33)27-13-12-19(31)36-8-2/h9-11,17,20,32H,7-8,12-14H2,1-6H3,(H2,26,30)(H,27,33)(H,28,35). The highest BCUT2D eigenvalue weighted by atomic mass is 16.6. The number of alkyl carbamates (subject to hydrolysis) is 1. The lowest BCUT2D eigenvalue weighted by Crippen LogP contribution is -2.54. The number of benzene rings is 1. The maximum Gasteiger partial charge on any atom is 0.408 e. The van der Waals surface area contributed by atoms with Crippen LogP contribution < -0.4 is 16.4 Å². The molecule has 12 nitrogen and oxygen atoms in total. The summed E-state index contributed by atoms with van der Waals surface area (Å²) in [6.45, 7) is 9.86. The summed E-state index contributed by atoms with van der Waals surface area (Å²) in [4.78, 5) is 63.8. The second-order valence-corrected chi connectivity index (χ2v) is 9.25. The van der Waals surface area contributed by atoms with E-state index < -0.39 is 53.9 Å². The van der Waals surface area contributed by atoms with E-state index in [1.165, 1.54) is 6.07 Å². The number of ether oxygens (including phenoxy) is 2. The van der Waals surface area contributed by atoms with Crippen molar-refractivity contribution in [2.45, 2.75) is 72.1 Å². The quantitative estimate of drug-likeness (QED) is 0.298. The molecule has 206 valence electrons. The summed E-state index contributed by atoms with van der Waals surface area (Å²) in [7, 11) is 0. The van der Waals surface area contributed by atoms with Gasteiger partial charge in [-0.15, -0.1) is 0 Å². The first kappa shape index (κ1) is 31.2. The van der Waals surface area contributed by atoms with Crippen molar-refractivity contribution in [3.05, 3.63) is 29.3 Å². The van der Waals surface area contributed by atoms with E-state index >= 15 is 0 Å². The van der Waals surface area contributed by atoms with E-state index in [4.69, 9.17) is 15.2 Å². The van der Waals surface area contributed by atoms with Gasteiger partial charge in [0.1, 0.15) is 23.4 Å². The number of phenols is 1. The second kappa shape index (κ2) is 14.0. The lowest BCUT2D eigenvalue weighted by Gasteiger charge is -2.33. The monoisotopic (exact) mass is 522 g/mol. The molecule has 12 heteroatoms. The Bertz CT molecular complexity index is 989. The predicted octanol–water partition coefficient (Wildman–Crippen LogP) is 1.43. The number of hydrogen-bond donors (Lipinski definition) is 4. The molecule has 37 heavy (non-hydrogen) atoms. The molecular formula is C25H38N4O8. The molecule has 0 spiro atoms. The van der Waals surface area contributed by atoms with Crippen LogP contribution in [-0.4, -0.2) is 71.1 Å². The number of carbonyl (C=O) groups is 5. The highest BCUT2D eigenvalue weighted by Crippen LogP contribution is 2.32. The van der Waals surface area contributed by atoms with Crippen molar-refractivity contribution in [2.75, 3.05) is 19.7 Å². The Hall–Kier alpha value is -3.83. The van der Waals surface area contributed by atoms with Gasteiger partial charge in [-0.05, 0) is 47.1 Å². The fourth-order valence-electron chi connectivity index (χ4n) is 3.49. The van der Waals surface area contributed by atoms with Gasteiger partial charge in [-0.3, -0.25) is 19.2 Å². The van der Waals surface area contributed by atoms with Crippen LogP contribution in [0.15, 0.2) is 18.2 Å². The molecule has 0 heterocycles. The zero-order valence-electron chi connectivity index (χ0n) is 22.3. The van der Waals surface area contributed by atoms with Crippen LogP contribution in [0, 0.1) is 6.92 Å². The SMILES string of the molecule is CCOC(=O)CCNC(=O)C(c1cccc(C)c1O)N(CC)C(=O)C(CC(N)=O)NC(=O)OC(C)(C)C. The van der Waals surface area contributed by atoms with Gasteiger partial charge in [0.05, 0.1) is 19.4 Å². The van der Waals surface area contributed by atoms with Gasteiger partial charge in [-0.25, -0.2) is 4.79 Å². The van der Waals surface area contributed by atoms with Gasteiger partial charge < -0.3 is 35.8 Å². The van der Waals surface area contributed by atoms with Crippen LogP contribution >= 0.6 is 0 Å². The van der Waals surface area contributed by atoms with Crippen LogP contribution in [0.1, 0.15) is 64.6 Å². The van der Waals surface area contributed by atoms with Gasteiger partial charge in [-0.2, -0.15) is 0 Å². The summed E-state index contributed by atoms with van der Waals surface area (Å²) < 4.78 is 10.1. The van der Waals surface area contributed by atoms with E-state index in [0.29, 0.717) is 5.56 Å². The summed E-state index contributed by atoms with van der Waals surface area (Å²) >= 11 is 0. The Balaban J connectivity index is 3.37. The molecule has 0 fully saturated rings. The lowest BCUT2D eigenvalue weighted by molar-refractivity contribution is -0.144. The van der Waals surface area contributed by atoms with Crippen molar-refractivity contribution in [1.29, 1.82) is 0 Å². The van der Waals surface area contributed by atoms with Gasteiger partial charge in [0.25, 0.3) is 0 Å². The van der Waals surface area contributed by atoms with Crippen molar-refractivity contribution in [3.63, 3.8) is 0 Å². The van der Waals surface area contributed by atoms with E-state index in [0.717, 1.165) is 4.90 Å². The number of likely N-dealkylation sites (N-methyl/N-ethyl adjacent to an activating group) is 1. The van der Waals surface area contributed by atoms with E-state index in [1.54, 1.807) is 53.7 Å². The van der Waals surface area contributed by atoms with Crippen molar-refractivity contribution >= 4 is 29.8 Å². The molecule has 0 bridgehead atoms. The Morgan fingerprint density at radius 2 is 1.78 bits per heavy atom. The molecule has 4 amide bonds. The number of carbonyl (C=O) groups excluding carboxylic acids is 5. The predicted molar refractivity (Wildman–Crippen MR) is 134 cm³/mol. The van der Waals surface area contributed by atoms with Crippen molar-refractivity contribution in [1.82, 2.24) is 15.5 Å². The molecular weight excluding hydrogens is 484 g/mol. The molecule has 0 aliphatic carbocycles. The number of nitrogens with zero attached hydrogens (tertiary/aromatic N) is 1. The normalized spacial score (nSPS) is 12.6. The summed E-state index contributed by atoms with van der Waals surface area (Å²) in [5.74, 6) is -3.05. The van der Waals surface area contributed by atoms with Crippen LogP contribution in [0.2, 0.25) is 0 Å². The van der Waals surface area contributed by atoms with Gasteiger partial charge in [0.2, 0.25) is 17.7 Å². The molecule has 1 aromatic carbocycles. The van der Waals surface area contributed by atoms with E-state index in [1.807, 2.05) is 0 Å². The minimum absolute atomic E-state index is 0.0343. The third kappa shape index (κ3) is 9.98. The number of aryl methyl sites for hydroxylation is 1. The average Bonchev–Trinajstić information content (AvgIpc) is 2.77. The largest absolute Gasteiger partial charge is 0.507 e. The molecule has 5 N–H and O–H groups in total. The summed E-state index contributed by atoms with van der Waals surface area (Å²) in [5, 5.41) is 15.7. The maximum absolute atomic E-state index is 13.6. The highest BCUT2D eigenvalue weighted by Gasteiger charge is 2.37. The maximum atomic E-state index is 13.6. The van der Waals surface area contributed by atoms with Gasteiger partial charge in [-0.1, -0.05) is 18.2 Å². The average molecular weight is 523 g/mol. The van der Waals surface area contributed by atoms with E-state index in [2.05, 4.69) is 10.6 Å². The van der Waals surface area contributed by atoms with Gasteiger partial charge in [0.15, 0.2) is 0 Å². The Morgan fingerprint density at radius 3 is 2.32 bits per heavy atom. The first-order valence-corrected chi connectivity index (χ1v) is 12.0. The second-order valence-electron chi connectivity index (χ2n) is 9.25. The van der Waals surface area contributed by atoms with Crippen LogP contribution in [-0.2, 0) is 28.7 Å². The topological polar surface area (TPSA) is 177 Å². The van der Waals surface area contributed by atoms with E-state index in [-0.39, 0.29) is 37.4 Å². The third-order valence-electron chi connectivity index (χ3n) is 5.08. The summed E-state index contributed by atoms with van der Waals surface area (Å²) in [5.41, 5.74) is 5.04. The van der Waals surface area contributed by atoms with Crippen LogP contribution in [0.5, 0.6) is 5.75 Å². The minimum Gasteiger partial charge on any atom is -0.507 e. The van der Waals surface area contributed by atoms with Crippen molar-refractivity contribution in [3.8, 4) is 5.75 Å². The number of aromatic hydroxyl groups is 1. The zero-order chi connectivity index (χ0) is 28.3. The lowest BCUT2D eigenvalue weighted by atomic mass is 9.99. The number of esters is 1. The molecule has 0 aromatic heterocycles. The number of primary amides is 1. The molecule has 0 saturated carbocycles. The molecule has 1 aromatic rings. The Morgan fingerprint density at radius 1 is 1.14 bits per heavy atom. The summed E-state index contributed by atoms with van der Waals surface area (Å²) in [6, 6.07) is 1.94. The Labute approximate surface area is 216 Å². The van der Waals surface area contributed by atoms with Crippen molar-refractivity contribution in [2.24, 2.45) is 5.73 Å². The minimum atomic E-state index is -1.44. The number of amides is 4. The fraction of sp³-hybridized carbons (Fsp3) is 0.560. The number of phenolic OH excluding ortho intramolecular Hbond substituents is 1. The number of para-hydroxylation sites is 1. The zero-order valence-corrected chi connectivity index (χ0v) is 22.3. The van der Waals surface area contributed by atoms with Gasteiger partial charge in [0, 0.05) is 18.7 Å². The molecule has 0 radical (unpaired) electrons. The van der Waals surface area contributed by atoms with Crippen LogP contribution in [0.4, 0.5) is 4.79 Å². The molecule has 0 aliphatic heterocycles. The van der Waals surface area contributed by atoms with Crippen LogP contribution in [0.25, 0.3) is 0 Å². The first-order chi connectivity index (χ1) is 17.2. The van der Waals surface area contributed by atoms with Gasteiger partial charge >= 0.3 is 12.1 Å². The number of nitrogens with two attached hydrogens (primary N) is 1. The summed E-state index contributed by atoms with van der Waals surface area (Å²) in [6.07, 6.45) is -1.60. The molecule has 2 unspecified atom stereocenters. The molecule has 2 atom stereocenters. The highest BCUT2D eigenvalue weighted by molar-refractivity contribution is 5.95. The van der Waals surface area contributed by atoms with Crippen molar-refractivity contribution < 1.29 is 38.6 Å². The first-order valence-electron chi connectivity index (χ1n) is 12.0. The van der Waals surface area contributed by atoms with Crippen LogP contribution in [0.3, 0.4) is 0 Å². The smallest absolute Gasteiger partial charge is 0.408 e. The number of rotatable bonds is 12. The fourth-order valence-corrected chi connectivity index (χ4v) is 3.49.